The zero-order chi connectivity index (χ0) is 13.9. The molecule has 0 unspecified atom stereocenters. The van der Waals surface area contributed by atoms with Crippen LogP contribution in [0.2, 0.25) is 5.02 Å². The first-order valence-electron chi connectivity index (χ1n) is 6.04. The Morgan fingerprint density at radius 1 is 1.20 bits per heavy atom. The molecule has 2 aromatic heterocycles. The highest BCUT2D eigenvalue weighted by molar-refractivity contribution is 7.98. The predicted octanol–water partition coefficient (Wildman–Crippen LogP) is 4.02. The SMILES string of the molecule is Cn1c(SCc2ccc(Cl)cc2)nnc1-c1ccco1. The van der Waals surface area contributed by atoms with Gasteiger partial charge in [-0.25, -0.2) is 0 Å². The number of furan rings is 1. The van der Waals surface area contributed by atoms with Gasteiger partial charge in [0.1, 0.15) is 0 Å². The van der Waals surface area contributed by atoms with Crippen molar-refractivity contribution >= 4 is 23.4 Å². The van der Waals surface area contributed by atoms with Gasteiger partial charge < -0.3 is 8.98 Å². The molecule has 0 fully saturated rings. The monoisotopic (exact) mass is 305 g/mol. The summed E-state index contributed by atoms with van der Waals surface area (Å²) < 4.78 is 7.27. The van der Waals surface area contributed by atoms with Crippen LogP contribution in [0.25, 0.3) is 11.6 Å². The standard InChI is InChI=1S/C14H12ClN3OS/c1-18-13(12-3-2-8-19-12)16-17-14(18)20-9-10-4-6-11(15)7-5-10/h2-8H,9H2,1H3. The first-order valence-corrected chi connectivity index (χ1v) is 7.41. The van der Waals surface area contributed by atoms with Crippen molar-refractivity contribution in [1.82, 2.24) is 14.8 Å². The predicted molar refractivity (Wildman–Crippen MR) is 79.7 cm³/mol. The minimum atomic E-state index is 0.721. The lowest BCUT2D eigenvalue weighted by molar-refractivity contribution is 0.572. The number of benzene rings is 1. The van der Waals surface area contributed by atoms with Crippen LogP contribution in [0, 0.1) is 0 Å². The van der Waals surface area contributed by atoms with Crippen LogP contribution in [0.1, 0.15) is 5.56 Å². The molecule has 4 nitrogen and oxygen atoms in total. The van der Waals surface area contributed by atoms with Crippen LogP contribution < -0.4 is 0 Å². The molecule has 0 saturated carbocycles. The third-order valence-corrected chi connectivity index (χ3v) is 4.20. The highest BCUT2D eigenvalue weighted by atomic mass is 35.5. The molecule has 0 bridgehead atoms. The summed E-state index contributed by atoms with van der Waals surface area (Å²) in [6.07, 6.45) is 1.63. The lowest BCUT2D eigenvalue weighted by Crippen LogP contribution is -1.94. The Hall–Kier alpha value is -1.72. The van der Waals surface area contributed by atoms with E-state index >= 15 is 0 Å². The van der Waals surface area contributed by atoms with Gasteiger partial charge in [0.25, 0.3) is 0 Å². The minimum absolute atomic E-state index is 0.721. The van der Waals surface area contributed by atoms with Crippen molar-refractivity contribution in [2.75, 3.05) is 0 Å². The van der Waals surface area contributed by atoms with Crippen LogP contribution in [0.5, 0.6) is 0 Å². The van der Waals surface area contributed by atoms with Gasteiger partial charge in [-0.05, 0) is 29.8 Å². The second-order valence-corrected chi connectivity index (χ2v) is 5.64. The third kappa shape index (κ3) is 2.73. The molecule has 0 aliphatic carbocycles. The topological polar surface area (TPSA) is 43.9 Å². The summed E-state index contributed by atoms with van der Waals surface area (Å²) in [6.45, 7) is 0. The molecule has 0 spiro atoms. The molecule has 2 heterocycles. The first-order chi connectivity index (χ1) is 9.74. The zero-order valence-electron chi connectivity index (χ0n) is 10.8. The Morgan fingerprint density at radius 3 is 2.70 bits per heavy atom. The van der Waals surface area contributed by atoms with Crippen LogP contribution in [-0.4, -0.2) is 14.8 Å². The normalized spacial score (nSPS) is 10.9. The third-order valence-electron chi connectivity index (χ3n) is 2.86. The Bertz CT molecular complexity index is 692. The van der Waals surface area contributed by atoms with E-state index < -0.39 is 0 Å². The molecule has 3 aromatic rings. The van der Waals surface area contributed by atoms with Crippen molar-refractivity contribution in [3.8, 4) is 11.6 Å². The van der Waals surface area contributed by atoms with Crippen molar-refractivity contribution in [2.24, 2.45) is 7.05 Å². The van der Waals surface area contributed by atoms with Gasteiger partial charge in [0.05, 0.1) is 6.26 Å². The number of hydrogen-bond acceptors (Lipinski definition) is 4. The molecule has 0 radical (unpaired) electrons. The van der Waals surface area contributed by atoms with Crippen LogP contribution in [0.4, 0.5) is 0 Å². The van der Waals surface area contributed by atoms with Gasteiger partial charge in [-0.1, -0.05) is 35.5 Å². The number of nitrogens with zero attached hydrogens (tertiary/aromatic N) is 3. The number of thioether (sulfide) groups is 1. The maximum absolute atomic E-state index is 5.87. The highest BCUT2D eigenvalue weighted by Gasteiger charge is 2.13. The van der Waals surface area contributed by atoms with Crippen molar-refractivity contribution in [3.05, 3.63) is 53.2 Å². The van der Waals surface area contributed by atoms with Crippen LogP contribution in [0.3, 0.4) is 0 Å². The molecule has 0 atom stereocenters. The van der Waals surface area contributed by atoms with E-state index in [0.717, 1.165) is 27.5 Å². The number of aromatic nitrogens is 3. The zero-order valence-corrected chi connectivity index (χ0v) is 12.4. The maximum atomic E-state index is 5.87. The summed E-state index contributed by atoms with van der Waals surface area (Å²) in [5.74, 6) is 2.27. The van der Waals surface area contributed by atoms with E-state index in [0.29, 0.717) is 0 Å². The Labute approximate surface area is 125 Å². The molecule has 0 N–H and O–H groups in total. The van der Waals surface area contributed by atoms with E-state index in [4.69, 9.17) is 16.0 Å². The van der Waals surface area contributed by atoms with Crippen molar-refractivity contribution in [2.45, 2.75) is 10.9 Å². The van der Waals surface area contributed by atoms with Gasteiger partial charge in [-0.2, -0.15) is 0 Å². The van der Waals surface area contributed by atoms with Crippen LogP contribution >= 0.6 is 23.4 Å². The Balaban J connectivity index is 1.74. The summed E-state index contributed by atoms with van der Waals surface area (Å²) in [5.41, 5.74) is 1.20. The fourth-order valence-electron chi connectivity index (χ4n) is 1.79. The second-order valence-electron chi connectivity index (χ2n) is 4.26. The summed E-state index contributed by atoms with van der Waals surface area (Å²) in [6, 6.07) is 11.5. The average Bonchev–Trinajstić information content (AvgIpc) is 3.08. The number of halogens is 1. The fourth-order valence-corrected chi connectivity index (χ4v) is 2.78. The number of rotatable bonds is 4. The second kappa shape index (κ2) is 5.73. The smallest absolute Gasteiger partial charge is 0.200 e. The van der Waals surface area contributed by atoms with Crippen molar-refractivity contribution in [1.29, 1.82) is 0 Å². The molecular weight excluding hydrogens is 294 g/mol. The molecule has 6 heteroatoms. The minimum Gasteiger partial charge on any atom is -0.461 e. The average molecular weight is 306 g/mol. The molecule has 3 rings (SSSR count). The maximum Gasteiger partial charge on any atom is 0.200 e. The van der Waals surface area contributed by atoms with Gasteiger partial charge in [0.2, 0.25) is 0 Å². The highest BCUT2D eigenvalue weighted by Crippen LogP contribution is 2.25. The fraction of sp³-hybridized carbons (Fsp3) is 0.143. The van der Waals surface area contributed by atoms with Gasteiger partial charge in [-0.15, -0.1) is 10.2 Å². The number of hydrogen-bond donors (Lipinski definition) is 0. The molecule has 1 aromatic carbocycles. The Kier molecular flexibility index (Phi) is 3.80. The molecule has 0 amide bonds. The summed E-state index contributed by atoms with van der Waals surface area (Å²) in [5, 5.41) is 9.96. The lowest BCUT2D eigenvalue weighted by Gasteiger charge is -2.02. The van der Waals surface area contributed by atoms with Crippen LogP contribution in [0.15, 0.2) is 52.2 Å². The van der Waals surface area contributed by atoms with Gasteiger partial charge in [0, 0.05) is 17.8 Å². The Morgan fingerprint density at radius 2 is 2.00 bits per heavy atom. The van der Waals surface area contributed by atoms with Crippen LogP contribution in [-0.2, 0) is 12.8 Å². The van der Waals surface area contributed by atoms with E-state index in [9.17, 15) is 0 Å². The molecule has 0 aliphatic heterocycles. The van der Waals surface area contributed by atoms with Gasteiger partial charge in [0.15, 0.2) is 16.7 Å². The van der Waals surface area contributed by atoms with E-state index in [1.807, 2.05) is 48.0 Å². The molecule has 0 saturated heterocycles. The quantitative estimate of drug-likeness (QED) is 0.683. The van der Waals surface area contributed by atoms with E-state index in [-0.39, 0.29) is 0 Å². The van der Waals surface area contributed by atoms with Gasteiger partial charge >= 0.3 is 0 Å². The molecule has 20 heavy (non-hydrogen) atoms. The van der Waals surface area contributed by atoms with Gasteiger partial charge in [-0.3, -0.25) is 0 Å². The van der Waals surface area contributed by atoms with E-state index in [2.05, 4.69) is 10.2 Å². The van der Waals surface area contributed by atoms with Crippen molar-refractivity contribution < 1.29 is 4.42 Å². The first kappa shape index (κ1) is 13.3. The molecular formula is C14H12ClN3OS. The summed E-state index contributed by atoms with van der Waals surface area (Å²) in [7, 11) is 1.93. The van der Waals surface area contributed by atoms with E-state index in [1.165, 1.54) is 5.56 Å². The summed E-state index contributed by atoms with van der Waals surface area (Å²) >= 11 is 7.50. The van der Waals surface area contributed by atoms with E-state index in [1.54, 1.807) is 18.0 Å². The lowest BCUT2D eigenvalue weighted by atomic mass is 10.2. The molecule has 0 aliphatic rings. The summed E-state index contributed by atoms with van der Waals surface area (Å²) in [4.78, 5) is 0. The molecule has 102 valence electrons. The van der Waals surface area contributed by atoms with Crippen molar-refractivity contribution in [3.63, 3.8) is 0 Å². The largest absolute Gasteiger partial charge is 0.461 e.